The first kappa shape index (κ1) is 16.8. The normalized spacial score (nSPS) is 19.5. The highest BCUT2D eigenvalue weighted by molar-refractivity contribution is 8.45. The van der Waals surface area contributed by atoms with Crippen LogP contribution in [-0.2, 0) is 0 Å². The Kier molecular flexibility index (Phi) is 3.25. The molecule has 1 heterocycles. The molecule has 4 nitrogen and oxygen atoms in total. The molecular formula is C12H16F5N3OS. The molecule has 0 radical (unpaired) electrons. The van der Waals surface area contributed by atoms with Gasteiger partial charge in [0, 0.05) is 30.4 Å². The summed E-state index contributed by atoms with van der Waals surface area (Å²) in [5, 5.41) is 0. The Balaban J connectivity index is 2.31. The summed E-state index contributed by atoms with van der Waals surface area (Å²) in [6, 6.07) is 1.39. The zero-order chi connectivity index (χ0) is 17.0. The van der Waals surface area contributed by atoms with Crippen molar-refractivity contribution in [1.29, 1.82) is 0 Å². The van der Waals surface area contributed by atoms with Crippen molar-refractivity contribution < 1.29 is 24.2 Å². The quantitative estimate of drug-likeness (QED) is 0.675. The largest absolute Gasteiger partial charge is 0.399 e. The molecule has 0 atom stereocenters. The Bertz CT molecular complexity index is 625. The van der Waals surface area contributed by atoms with Gasteiger partial charge in [0.2, 0.25) is 0 Å². The summed E-state index contributed by atoms with van der Waals surface area (Å²) >= 11 is 0. The first-order chi connectivity index (χ1) is 9.67. The number of anilines is 1. The molecule has 1 saturated heterocycles. The van der Waals surface area contributed by atoms with Crippen LogP contribution in [0.4, 0.5) is 25.1 Å². The van der Waals surface area contributed by atoms with Crippen molar-refractivity contribution in [1.82, 2.24) is 9.80 Å². The van der Waals surface area contributed by atoms with Gasteiger partial charge in [-0.1, -0.05) is 19.4 Å². The predicted molar refractivity (Wildman–Crippen MR) is 75.6 cm³/mol. The van der Waals surface area contributed by atoms with E-state index in [1.807, 2.05) is 4.90 Å². The van der Waals surface area contributed by atoms with Gasteiger partial charge in [-0.05, 0) is 32.3 Å². The highest BCUT2D eigenvalue weighted by Crippen LogP contribution is 3.02. The topological polar surface area (TPSA) is 49.6 Å². The van der Waals surface area contributed by atoms with Gasteiger partial charge in [-0.3, -0.25) is 4.79 Å². The predicted octanol–water partition coefficient (Wildman–Crippen LogP) is 3.31. The summed E-state index contributed by atoms with van der Waals surface area (Å²) in [5.41, 5.74) is 4.24. The van der Waals surface area contributed by atoms with Gasteiger partial charge in [-0.25, -0.2) is 0 Å². The number of nitrogens with zero attached hydrogens (tertiary/aromatic N) is 2. The van der Waals surface area contributed by atoms with E-state index >= 15 is 0 Å². The van der Waals surface area contributed by atoms with Gasteiger partial charge >= 0.3 is 10.2 Å². The number of carbonyl (C=O) groups is 1. The lowest BCUT2D eigenvalue weighted by atomic mass is 10.1. The number of benzene rings is 1. The van der Waals surface area contributed by atoms with Crippen LogP contribution in [0.2, 0.25) is 0 Å². The molecule has 0 saturated carbocycles. The van der Waals surface area contributed by atoms with Crippen molar-refractivity contribution in [3.63, 3.8) is 0 Å². The minimum absolute atomic E-state index is 0.0973. The van der Waals surface area contributed by atoms with E-state index in [0.717, 1.165) is 6.07 Å². The fraction of sp³-hybridized carbons (Fsp3) is 0.417. The number of amides is 1. The van der Waals surface area contributed by atoms with E-state index < -0.39 is 32.3 Å². The zero-order valence-corrected chi connectivity index (χ0v) is 12.7. The van der Waals surface area contributed by atoms with Gasteiger partial charge in [0.1, 0.15) is 4.90 Å². The van der Waals surface area contributed by atoms with Gasteiger partial charge in [0.05, 0.1) is 0 Å². The lowest BCUT2D eigenvalue weighted by molar-refractivity contribution is 0.0399. The third kappa shape index (κ3) is 3.43. The molecule has 0 unspecified atom stereocenters. The van der Waals surface area contributed by atoms with Crippen LogP contribution < -0.4 is 5.73 Å². The van der Waals surface area contributed by atoms with Gasteiger partial charge in [0.25, 0.3) is 5.91 Å². The molecule has 10 heteroatoms. The molecule has 22 heavy (non-hydrogen) atoms. The fourth-order valence-corrected chi connectivity index (χ4v) is 2.81. The van der Waals surface area contributed by atoms with Gasteiger partial charge in [-0.15, -0.1) is 0 Å². The number of hydrogen-bond acceptors (Lipinski definition) is 3. The molecule has 0 spiro atoms. The van der Waals surface area contributed by atoms with E-state index in [-0.39, 0.29) is 18.2 Å². The van der Waals surface area contributed by atoms with Crippen molar-refractivity contribution in [3.05, 3.63) is 23.8 Å². The Morgan fingerprint density at radius 3 is 2.18 bits per heavy atom. The SMILES string of the molecule is CN(C)C1CN(C(=O)c2cc(N)cc(S(F)(F)(F)(F)F)c2)C1. The number of nitrogens with two attached hydrogens (primary N) is 1. The van der Waals surface area contributed by atoms with Gasteiger partial charge < -0.3 is 15.5 Å². The number of hydrogen-bond donors (Lipinski definition) is 1. The Labute approximate surface area is 124 Å². The minimum atomic E-state index is -9.87. The van der Waals surface area contributed by atoms with Crippen LogP contribution in [0.15, 0.2) is 23.1 Å². The lowest BCUT2D eigenvalue weighted by Crippen LogP contribution is -2.59. The molecule has 1 aliphatic heterocycles. The molecule has 0 bridgehead atoms. The maximum absolute atomic E-state index is 12.8. The van der Waals surface area contributed by atoms with Crippen LogP contribution in [0, 0.1) is 0 Å². The first-order valence-corrected chi connectivity index (χ1v) is 8.23. The monoisotopic (exact) mass is 345 g/mol. The Morgan fingerprint density at radius 2 is 1.73 bits per heavy atom. The second-order valence-electron chi connectivity index (χ2n) is 5.59. The van der Waals surface area contributed by atoms with E-state index in [0.29, 0.717) is 13.1 Å². The number of likely N-dealkylation sites (tertiary alicyclic amines) is 1. The molecule has 1 aromatic carbocycles. The van der Waals surface area contributed by atoms with E-state index in [2.05, 4.69) is 0 Å². The maximum Gasteiger partial charge on any atom is 0.310 e. The summed E-state index contributed by atoms with van der Waals surface area (Å²) < 4.78 is 64.2. The number of nitrogen functional groups attached to an aromatic ring is 1. The van der Waals surface area contributed by atoms with Crippen LogP contribution >= 0.6 is 10.2 Å². The molecule has 1 aromatic rings. The average molecular weight is 345 g/mol. The van der Waals surface area contributed by atoms with E-state index in [4.69, 9.17) is 5.73 Å². The second-order valence-corrected chi connectivity index (χ2v) is 8.00. The Morgan fingerprint density at radius 1 is 1.18 bits per heavy atom. The lowest BCUT2D eigenvalue weighted by Gasteiger charge is -2.43. The molecule has 2 N–H and O–H groups in total. The van der Waals surface area contributed by atoms with Crippen molar-refractivity contribution in [2.45, 2.75) is 10.9 Å². The van der Waals surface area contributed by atoms with Gasteiger partial charge in [-0.2, -0.15) is 0 Å². The zero-order valence-electron chi connectivity index (χ0n) is 11.9. The summed E-state index contributed by atoms with van der Waals surface area (Å²) in [5.74, 6) is -0.742. The molecule has 0 aliphatic carbocycles. The number of likely N-dealkylation sites (N-methyl/N-ethyl adjacent to an activating group) is 1. The van der Waals surface area contributed by atoms with Crippen LogP contribution in [0.25, 0.3) is 0 Å². The highest BCUT2D eigenvalue weighted by Gasteiger charge is 2.65. The number of carbonyl (C=O) groups excluding carboxylic acids is 1. The molecule has 2 rings (SSSR count). The van der Waals surface area contributed by atoms with Crippen LogP contribution in [0.3, 0.4) is 0 Å². The molecule has 1 fully saturated rings. The standard InChI is InChI=1S/C12H16F5N3OS/c1-19(2)10-6-20(7-10)12(21)8-3-9(18)5-11(4-8)22(13,14,15,16)17/h3-5,10H,6-7,18H2,1-2H3. The van der Waals surface area contributed by atoms with Crippen molar-refractivity contribution in [2.75, 3.05) is 32.9 Å². The maximum atomic E-state index is 12.8. The van der Waals surface area contributed by atoms with Crippen molar-refractivity contribution >= 4 is 21.8 Å². The van der Waals surface area contributed by atoms with E-state index in [1.54, 1.807) is 14.1 Å². The summed E-state index contributed by atoms with van der Waals surface area (Å²) in [6.07, 6.45) is 0. The molecule has 1 aliphatic rings. The minimum Gasteiger partial charge on any atom is -0.399 e. The first-order valence-electron chi connectivity index (χ1n) is 6.28. The fourth-order valence-electron chi connectivity index (χ4n) is 2.10. The second kappa shape index (κ2) is 4.25. The van der Waals surface area contributed by atoms with Crippen LogP contribution in [0.5, 0.6) is 0 Å². The third-order valence-corrected chi connectivity index (χ3v) is 4.63. The van der Waals surface area contributed by atoms with Crippen molar-refractivity contribution in [2.24, 2.45) is 0 Å². The number of halogens is 5. The third-order valence-electron chi connectivity index (χ3n) is 3.50. The molecular weight excluding hydrogens is 329 g/mol. The summed E-state index contributed by atoms with van der Waals surface area (Å²) in [7, 11) is -6.26. The molecule has 1 amide bonds. The molecule has 126 valence electrons. The summed E-state index contributed by atoms with van der Waals surface area (Å²) in [4.78, 5) is 13.1. The summed E-state index contributed by atoms with van der Waals surface area (Å²) in [6.45, 7) is 0.652. The van der Waals surface area contributed by atoms with Crippen LogP contribution in [0.1, 0.15) is 10.4 Å². The Hall–Kier alpha value is -1.55. The number of rotatable bonds is 3. The van der Waals surface area contributed by atoms with Crippen molar-refractivity contribution in [3.8, 4) is 0 Å². The average Bonchev–Trinajstić information content (AvgIpc) is 2.22. The smallest absolute Gasteiger partial charge is 0.310 e. The molecule has 0 aromatic heterocycles. The highest BCUT2D eigenvalue weighted by atomic mass is 32.5. The van der Waals surface area contributed by atoms with E-state index in [1.165, 1.54) is 4.90 Å². The van der Waals surface area contributed by atoms with Gasteiger partial charge in [0.15, 0.2) is 0 Å². The van der Waals surface area contributed by atoms with E-state index in [9.17, 15) is 24.2 Å². The van der Waals surface area contributed by atoms with Crippen LogP contribution in [-0.4, -0.2) is 48.9 Å².